The molecule has 0 unspecified atom stereocenters. The minimum atomic E-state index is -0.121. The number of benzene rings is 1. The third-order valence-corrected chi connectivity index (χ3v) is 3.66. The summed E-state index contributed by atoms with van der Waals surface area (Å²) in [6.07, 6.45) is 3.97. The van der Waals surface area contributed by atoms with Crippen molar-refractivity contribution in [3.8, 4) is 5.40 Å². The highest BCUT2D eigenvalue weighted by Gasteiger charge is 2.08. The van der Waals surface area contributed by atoms with Crippen LogP contribution < -0.4 is 5.32 Å². The molecule has 3 rings (SSSR count). The van der Waals surface area contributed by atoms with E-state index < -0.39 is 0 Å². The molecule has 3 aromatic rings. The lowest BCUT2D eigenvalue weighted by Crippen LogP contribution is -2.14. The molecule has 1 aromatic carbocycles. The maximum atomic E-state index is 12.1. The molecule has 1 amide bonds. The summed E-state index contributed by atoms with van der Waals surface area (Å²) < 4.78 is 1.89. The van der Waals surface area contributed by atoms with E-state index in [1.807, 2.05) is 40.4 Å². The van der Waals surface area contributed by atoms with Crippen molar-refractivity contribution >= 4 is 29.0 Å². The van der Waals surface area contributed by atoms with Crippen molar-refractivity contribution in [2.75, 3.05) is 5.32 Å². The van der Waals surface area contributed by atoms with Crippen LogP contribution in [0.1, 0.15) is 5.69 Å². The third kappa shape index (κ3) is 3.27. The fourth-order valence-electron chi connectivity index (χ4n) is 2.10. The number of hydrogen-bond donors (Lipinski definition) is 1. The number of fused-ring (bicyclic) bond motifs is 1. The molecule has 0 aliphatic rings. The van der Waals surface area contributed by atoms with Crippen LogP contribution in [0.15, 0.2) is 59.8 Å². The predicted molar refractivity (Wildman–Crippen MR) is 85.4 cm³/mol. The van der Waals surface area contributed by atoms with Crippen LogP contribution in [0.2, 0.25) is 0 Å². The number of pyridine rings is 1. The number of carbonyl (C=O) groups is 1. The van der Waals surface area contributed by atoms with Crippen molar-refractivity contribution in [1.29, 1.82) is 5.26 Å². The second-order valence-corrected chi connectivity index (χ2v) is 5.50. The highest BCUT2D eigenvalue weighted by Crippen LogP contribution is 2.19. The second-order valence-electron chi connectivity index (χ2n) is 4.64. The van der Waals surface area contributed by atoms with Crippen LogP contribution in [0, 0.1) is 10.7 Å². The summed E-state index contributed by atoms with van der Waals surface area (Å²) in [7, 11) is 0. The second kappa shape index (κ2) is 6.33. The molecule has 1 N–H and O–H groups in total. The molecule has 22 heavy (non-hydrogen) atoms. The van der Waals surface area contributed by atoms with E-state index in [9.17, 15) is 4.79 Å². The summed E-state index contributed by atoms with van der Waals surface area (Å²) in [6, 6.07) is 12.9. The Balaban J connectivity index is 1.65. The average Bonchev–Trinajstić information content (AvgIpc) is 2.91. The number of amides is 1. The standard InChI is InChI=1S/C16H12N4OS/c17-11-22-14-6-4-12(5-7-14)19-16(21)9-13-10-20-8-2-1-3-15(20)18-13/h1-8,10H,9H2,(H,19,21). The van der Waals surface area contributed by atoms with E-state index in [0.717, 1.165) is 28.0 Å². The molecule has 0 atom stereocenters. The average molecular weight is 308 g/mol. The molecule has 108 valence electrons. The maximum Gasteiger partial charge on any atom is 0.230 e. The number of rotatable bonds is 4. The molecule has 6 heteroatoms. The Kier molecular flexibility index (Phi) is 4.08. The quantitative estimate of drug-likeness (QED) is 0.594. The number of hydrogen-bond acceptors (Lipinski definition) is 4. The monoisotopic (exact) mass is 308 g/mol. The fourth-order valence-corrected chi connectivity index (χ4v) is 2.48. The number of carbonyl (C=O) groups excluding carboxylic acids is 1. The van der Waals surface area contributed by atoms with Crippen LogP contribution in [-0.2, 0) is 11.2 Å². The minimum absolute atomic E-state index is 0.121. The van der Waals surface area contributed by atoms with Gasteiger partial charge in [0.2, 0.25) is 5.91 Å². The molecule has 0 bridgehead atoms. The van der Waals surface area contributed by atoms with E-state index in [4.69, 9.17) is 5.26 Å². The molecule has 0 saturated carbocycles. The molecule has 0 aliphatic heterocycles. The van der Waals surface area contributed by atoms with Crippen LogP contribution in [0.25, 0.3) is 5.65 Å². The Morgan fingerprint density at radius 1 is 1.27 bits per heavy atom. The van der Waals surface area contributed by atoms with E-state index in [0.29, 0.717) is 5.69 Å². The molecule has 0 spiro atoms. The van der Waals surface area contributed by atoms with E-state index in [1.54, 1.807) is 24.3 Å². The van der Waals surface area contributed by atoms with Gasteiger partial charge in [0.25, 0.3) is 0 Å². The fraction of sp³-hybridized carbons (Fsp3) is 0.0625. The summed E-state index contributed by atoms with van der Waals surface area (Å²) in [5.74, 6) is -0.121. The Labute approximate surface area is 131 Å². The van der Waals surface area contributed by atoms with Crippen LogP contribution in [0.4, 0.5) is 5.69 Å². The molecule has 2 aromatic heterocycles. The normalized spacial score (nSPS) is 10.3. The van der Waals surface area contributed by atoms with Gasteiger partial charge >= 0.3 is 0 Å². The van der Waals surface area contributed by atoms with Gasteiger partial charge in [-0.3, -0.25) is 4.79 Å². The van der Waals surface area contributed by atoms with E-state index in [1.165, 1.54) is 0 Å². The lowest BCUT2D eigenvalue weighted by Gasteiger charge is -2.04. The largest absolute Gasteiger partial charge is 0.326 e. The predicted octanol–water partition coefficient (Wildman–Crippen LogP) is 3.09. The zero-order chi connectivity index (χ0) is 15.4. The Morgan fingerprint density at radius 3 is 2.82 bits per heavy atom. The summed E-state index contributed by atoms with van der Waals surface area (Å²) >= 11 is 1.09. The molecular weight excluding hydrogens is 296 g/mol. The van der Waals surface area contributed by atoms with Crippen molar-refractivity contribution in [3.05, 3.63) is 60.6 Å². The van der Waals surface area contributed by atoms with Gasteiger partial charge in [-0.2, -0.15) is 5.26 Å². The summed E-state index contributed by atoms with van der Waals surface area (Å²) in [5.41, 5.74) is 2.25. The number of nitriles is 1. The number of aromatic nitrogens is 2. The van der Waals surface area contributed by atoms with Crippen LogP contribution in [-0.4, -0.2) is 15.3 Å². The topological polar surface area (TPSA) is 70.2 Å². The van der Waals surface area contributed by atoms with Crippen molar-refractivity contribution in [3.63, 3.8) is 0 Å². The minimum Gasteiger partial charge on any atom is -0.326 e. The molecule has 0 saturated heterocycles. The number of imidazole rings is 1. The number of anilines is 1. The van der Waals surface area contributed by atoms with Gasteiger partial charge in [-0.1, -0.05) is 6.07 Å². The summed E-state index contributed by atoms with van der Waals surface area (Å²) in [4.78, 5) is 17.3. The van der Waals surface area contributed by atoms with Gasteiger partial charge in [-0.05, 0) is 48.2 Å². The van der Waals surface area contributed by atoms with Gasteiger partial charge in [0.05, 0.1) is 12.1 Å². The Hall–Kier alpha value is -2.78. The van der Waals surface area contributed by atoms with Crippen LogP contribution in [0.5, 0.6) is 0 Å². The summed E-state index contributed by atoms with van der Waals surface area (Å²) in [5, 5.41) is 13.4. The number of nitrogens with one attached hydrogen (secondary N) is 1. The molecule has 2 heterocycles. The van der Waals surface area contributed by atoms with E-state index in [-0.39, 0.29) is 12.3 Å². The van der Waals surface area contributed by atoms with E-state index in [2.05, 4.69) is 10.3 Å². The third-order valence-electron chi connectivity index (χ3n) is 3.06. The van der Waals surface area contributed by atoms with Gasteiger partial charge < -0.3 is 9.72 Å². The van der Waals surface area contributed by atoms with Crippen LogP contribution >= 0.6 is 11.8 Å². The maximum absolute atomic E-state index is 12.1. The Bertz CT molecular complexity index is 815. The lowest BCUT2D eigenvalue weighted by molar-refractivity contribution is -0.115. The number of thioether (sulfide) groups is 1. The zero-order valence-corrected chi connectivity index (χ0v) is 12.4. The van der Waals surface area contributed by atoms with Crippen molar-refractivity contribution in [2.24, 2.45) is 0 Å². The number of nitrogens with zero attached hydrogens (tertiary/aromatic N) is 3. The van der Waals surface area contributed by atoms with Gasteiger partial charge in [-0.15, -0.1) is 0 Å². The summed E-state index contributed by atoms with van der Waals surface area (Å²) in [6.45, 7) is 0. The molecule has 0 radical (unpaired) electrons. The first-order valence-corrected chi connectivity index (χ1v) is 7.45. The molecule has 0 fully saturated rings. The highest BCUT2D eigenvalue weighted by molar-refractivity contribution is 8.03. The molecule has 5 nitrogen and oxygen atoms in total. The smallest absolute Gasteiger partial charge is 0.230 e. The first kappa shape index (κ1) is 14.2. The van der Waals surface area contributed by atoms with Crippen molar-refractivity contribution in [2.45, 2.75) is 11.3 Å². The van der Waals surface area contributed by atoms with E-state index >= 15 is 0 Å². The first-order chi connectivity index (χ1) is 10.7. The van der Waals surface area contributed by atoms with Gasteiger partial charge in [0.15, 0.2) is 0 Å². The zero-order valence-electron chi connectivity index (χ0n) is 11.6. The van der Waals surface area contributed by atoms with Gasteiger partial charge in [-0.25, -0.2) is 4.98 Å². The van der Waals surface area contributed by atoms with Crippen molar-refractivity contribution < 1.29 is 4.79 Å². The lowest BCUT2D eigenvalue weighted by atomic mass is 10.3. The van der Waals surface area contributed by atoms with Gasteiger partial charge in [0, 0.05) is 23.0 Å². The molecule has 0 aliphatic carbocycles. The number of thiocyanates is 1. The molecular formula is C16H12N4OS. The SMILES string of the molecule is N#CSc1ccc(NC(=O)Cc2cn3ccccc3n2)cc1. The van der Waals surface area contributed by atoms with Crippen LogP contribution in [0.3, 0.4) is 0 Å². The Morgan fingerprint density at radius 2 is 2.09 bits per heavy atom. The van der Waals surface area contributed by atoms with Gasteiger partial charge in [0.1, 0.15) is 11.0 Å². The first-order valence-electron chi connectivity index (χ1n) is 6.63. The van der Waals surface area contributed by atoms with Crippen molar-refractivity contribution in [1.82, 2.24) is 9.38 Å². The highest BCUT2D eigenvalue weighted by atomic mass is 32.2.